The third-order valence-corrected chi connectivity index (χ3v) is 4.31. The van der Waals surface area contributed by atoms with Crippen LogP contribution in [0.15, 0.2) is 18.2 Å². The Morgan fingerprint density at radius 2 is 2.12 bits per heavy atom. The summed E-state index contributed by atoms with van der Waals surface area (Å²) < 4.78 is 5.78. The molecular weight excluding hydrogens is 210 g/mol. The van der Waals surface area contributed by atoms with Gasteiger partial charge >= 0.3 is 0 Å². The van der Waals surface area contributed by atoms with Gasteiger partial charge in [-0.25, -0.2) is 0 Å². The molecular formula is C15H21NO. The van der Waals surface area contributed by atoms with Crippen LogP contribution in [0.3, 0.4) is 0 Å². The minimum atomic E-state index is 0.0402. The molecule has 0 spiro atoms. The van der Waals surface area contributed by atoms with Crippen molar-refractivity contribution in [1.82, 2.24) is 0 Å². The Balaban J connectivity index is 1.83. The molecule has 3 unspecified atom stereocenters. The summed E-state index contributed by atoms with van der Waals surface area (Å²) in [6.07, 6.45) is 5.10. The van der Waals surface area contributed by atoms with E-state index in [1.165, 1.54) is 36.0 Å². The minimum absolute atomic E-state index is 0.0402. The van der Waals surface area contributed by atoms with Crippen molar-refractivity contribution in [2.75, 3.05) is 6.61 Å². The number of ether oxygens (including phenoxy) is 1. The average molecular weight is 231 g/mol. The van der Waals surface area contributed by atoms with Crippen LogP contribution >= 0.6 is 0 Å². The summed E-state index contributed by atoms with van der Waals surface area (Å²) in [5, 5.41) is 0. The predicted molar refractivity (Wildman–Crippen MR) is 68.9 cm³/mol. The fraction of sp³-hybridized carbons (Fsp3) is 0.600. The Morgan fingerprint density at radius 1 is 1.29 bits per heavy atom. The first-order chi connectivity index (χ1) is 8.25. The van der Waals surface area contributed by atoms with Crippen LogP contribution in [-0.4, -0.2) is 12.7 Å². The number of benzene rings is 1. The summed E-state index contributed by atoms with van der Waals surface area (Å²) in [5.41, 5.74) is 10.6. The van der Waals surface area contributed by atoms with Gasteiger partial charge in [-0.15, -0.1) is 0 Å². The van der Waals surface area contributed by atoms with Gasteiger partial charge in [0.25, 0.3) is 0 Å². The molecule has 2 aliphatic rings. The fourth-order valence-corrected chi connectivity index (χ4v) is 3.16. The molecule has 1 fully saturated rings. The van der Waals surface area contributed by atoms with Crippen molar-refractivity contribution in [3.63, 3.8) is 0 Å². The molecule has 0 saturated carbocycles. The topological polar surface area (TPSA) is 35.2 Å². The fourth-order valence-electron chi connectivity index (χ4n) is 3.16. The van der Waals surface area contributed by atoms with Crippen molar-refractivity contribution in [2.24, 2.45) is 11.7 Å². The number of hydrogen-bond acceptors (Lipinski definition) is 2. The maximum absolute atomic E-state index is 6.36. The van der Waals surface area contributed by atoms with Crippen molar-refractivity contribution < 1.29 is 4.74 Å². The lowest BCUT2D eigenvalue weighted by atomic mass is 9.92. The summed E-state index contributed by atoms with van der Waals surface area (Å²) in [6.45, 7) is 3.11. The van der Waals surface area contributed by atoms with Crippen LogP contribution < -0.4 is 5.73 Å². The SMILES string of the molecule is CC1CCOC1C(N)c1ccc2c(c1)CCC2. The number of rotatable bonds is 2. The zero-order valence-electron chi connectivity index (χ0n) is 10.5. The van der Waals surface area contributed by atoms with E-state index in [0.717, 1.165) is 13.0 Å². The number of nitrogens with two attached hydrogens (primary N) is 1. The van der Waals surface area contributed by atoms with Gasteiger partial charge in [-0.05, 0) is 48.3 Å². The van der Waals surface area contributed by atoms with Crippen molar-refractivity contribution >= 4 is 0 Å². The molecule has 3 rings (SSSR count). The normalized spacial score (nSPS) is 29.3. The van der Waals surface area contributed by atoms with Crippen LogP contribution in [0.5, 0.6) is 0 Å². The molecule has 1 aromatic rings. The van der Waals surface area contributed by atoms with Gasteiger partial charge in [0.05, 0.1) is 12.1 Å². The Labute approximate surface area is 103 Å². The molecule has 2 N–H and O–H groups in total. The Hall–Kier alpha value is -0.860. The van der Waals surface area contributed by atoms with Crippen LogP contribution in [-0.2, 0) is 17.6 Å². The van der Waals surface area contributed by atoms with E-state index in [1.54, 1.807) is 0 Å². The van der Waals surface area contributed by atoms with E-state index in [4.69, 9.17) is 10.5 Å². The van der Waals surface area contributed by atoms with E-state index >= 15 is 0 Å². The van der Waals surface area contributed by atoms with Crippen LogP contribution in [0.4, 0.5) is 0 Å². The molecule has 0 radical (unpaired) electrons. The van der Waals surface area contributed by atoms with Crippen molar-refractivity contribution in [3.8, 4) is 0 Å². The lowest BCUT2D eigenvalue weighted by Gasteiger charge is -2.23. The van der Waals surface area contributed by atoms with Crippen LogP contribution in [0, 0.1) is 5.92 Å². The Bertz CT molecular complexity index is 415. The standard InChI is InChI=1S/C15H21NO/c1-10-7-8-17-15(10)14(16)13-6-5-11-3-2-4-12(11)9-13/h5-6,9-10,14-15H,2-4,7-8,16H2,1H3. The molecule has 1 heterocycles. The van der Waals surface area contributed by atoms with E-state index in [9.17, 15) is 0 Å². The van der Waals surface area contributed by atoms with E-state index in [1.807, 2.05) is 0 Å². The minimum Gasteiger partial charge on any atom is -0.376 e. The highest BCUT2D eigenvalue weighted by Crippen LogP contribution is 2.32. The molecule has 1 aliphatic carbocycles. The summed E-state index contributed by atoms with van der Waals surface area (Å²) >= 11 is 0. The number of fused-ring (bicyclic) bond motifs is 1. The first kappa shape index (κ1) is 11.2. The first-order valence-electron chi connectivity index (χ1n) is 6.74. The third kappa shape index (κ3) is 2.00. The van der Waals surface area contributed by atoms with Gasteiger partial charge in [-0.3, -0.25) is 0 Å². The maximum atomic E-state index is 6.36. The molecule has 3 atom stereocenters. The highest BCUT2D eigenvalue weighted by atomic mass is 16.5. The van der Waals surface area contributed by atoms with Crippen LogP contribution in [0.2, 0.25) is 0 Å². The molecule has 0 amide bonds. The molecule has 0 bridgehead atoms. The van der Waals surface area contributed by atoms with Gasteiger partial charge in [0.15, 0.2) is 0 Å². The largest absolute Gasteiger partial charge is 0.376 e. The highest BCUT2D eigenvalue weighted by molar-refractivity contribution is 5.36. The van der Waals surface area contributed by atoms with Crippen LogP contribution in [0.25, 0.3) is 0 Å². The lowest BCUT2D eigenvalue weighted by Crippen LogP contribution is -2.29. The summed E-state index contributed by atoms with van der Waals surface area (Å²) in [4.78, 5) is 0. The Morgan fingerprint density at radius 3 is 2.88 bits per heavy atom. The molecule has 2 nitrogen and oxygen atoms in total. The van der Waals surface area contributed by atoms with Gasteiger partial charge in [0, 0.05) is 6.61 Å². The highest BCUT2D eigenvalue weighted by Gasteiger charge is 2.31. The predicted octanol–water partition coefficient (Wildman–Crippen LogP) is 2.60. The first-order valence-corrected chi connectivity index (χ1v) is 6.74. The van der Waals surface area contributed by atoms with E-state index in [-0.39, 0.29) is 12.1 Å². The van der Waals surface area contributed by atoms with Crippen LogP contribution in [0.1, 0.15) is 42.5 Å². The third-order valence-electron chi connectivity index (χ3n) is 4.31. The zero-order chi connectivity index (χ0) is 11.8. The second kappa shape index (κ2) is 4.43. The van der Waals surface area contributed by atoms with Gasteiger partial charge in [-0.2, -0.15) is 0 Å². The molecule has 1 aliphatic heterocycles. The molecule has 1 aromatic carbocycles. The molecule has 0 aromatic heterocycles. The zero-order valence-corrected chi connectivity index (χ0v) is 10.5. The summed E-state index contributed by atoms with van der Waals surface area (Å²) in [7, 11) is 0. The molecule has 92 valence electrons. The second-order valence-electron chi connectivity index (χ2n) is 5.51. The van der Waals surface area contributed by atoms with Gasteiger partial charge < -0.3 is 10.5 Å². The van der Waals surface area contributed by atoms with Crippen molar-refractivity contribution in [3.05, 3.63) is 34.9 Å². The van der Waals surface area contributed by atoms with Crippen molar-refractivity contribution in [1.29, 1.82) is 0 Å². The van der Waals surface area contributed by atoms with Gasteiger partial charge in [-0.1, -0.05) is 25.1 Å². The molecule has 17 heavy (non-hydrogen) atoms. The average Bonchev–Trinajstić information content (AvgIpc) is 2.95. The maximum Gasteiger partial charge on any atom is 0.0793 e. The lowest BCUT2D eigenvalue weighted by molar-refractivity contribution is 0.0725. The second-order valence-corrected chi connectivity index (χ2v) is 5.51. The van der Waals surface area contributed by atoms with E-state index in [2.05, 4.69) is 25.1 Å². The smallest absolute Gasteiger partial charge is 0.0793 e. The summed E-state index contributed by atoms with van der Waals surface area (Å²) in [5.74, 6) is 0.582. The Kier molecular flexibility index (Phi) is 2.93. The van der Waals surface area contributed by atoms with Gasteiger partial charge in [0.2, 0.25) is 0 Å². The van der Waals surface area contributed by atoms with E-state index < -0.39 is 0 Å². The van der Waals surface area contributed by atoms with Gasteiger partial charge in [0.1, 0.15) is 0 Å². The molecule has 1 saturated heterocycles. The van der Waals surface area contributed by atoms with Crippen molar-refractivity contribution in [2.45, 2.75) is 44.8 Å². The molecule has 2 heteroatoms. The quantitative estimate of drug-likeness (QED) is 0.849. The van der Waals surface area contributed by atoms with E-state index in [0.29, 0.717) is 5.92 Å². The summed E-state index contributed by atoms with van der Waals surface area (Å²) in [6, 6.07) is 6.81. The number of aryl methyl sites for hydroxylation is 2. The monoisotopic (exact) mass is 231 g/mol. The number of hydrogen-bond donors (Lipinski definition) is 1.